The first-order chi connectivity index (χ1) is 13.0. The molecule has 150 valence electrons. The molecule has 28 heavy (non-hydrogen) atoms. The average molecular weight is 435 g/mol. The molecule has 1 aromatic rings. The molecule has 0 saturated carbocycles. The number of hydrogen-bond donors (Lipinski definition) is 1. The van der Waals surface area contributed by atoms with Crippen molar-refractivity contribution in [2.24, 2.45) is 0 Å². The van der Waals surface area contributed by atoms with Gasteiger partial charge in [0.2, 0.25) is 0 Å². The van der Waals surface area contributed by atoms with E-state index in [-0.39, 0.29) is 44.1 Å². The van der Waals surface area contributed by atoms with Crippen LogP contribution in [0.25, 0.3) is 0 Å². The Hall–Kier alpha value is -2.14. The predicted octanol–water partition coefficient (Wildman–Crippen LogP) is 4.17. The first-order valence-corrected chi connectivity index (χ1v) is 9.62. The molecule has 2 aliphatic rings. The highest BCUT2D eigenvalue weighted by Gasteiger charge is 2.44. The van der Waals surface area contributed by atoms with Gasteiger partial charge >= 0.3 is 11.5 Å². The van der Waals surface area contributed by atoms with E-state index in [4.69, 9.17) is 5.11 Å². The summed E-state index contributed by atoms with van der Waals surface area (Å²) in [5, 5.41) is 9.12. The third-order valence-corrected chi connectivity index (χ3v) is 6.35. The number of rotatable bonds is 4. The maximum Gasteiger partial charge on any atom is 0.447 e. The number of carboxylic acids is 1. The number of carbonyl (C=O) groups is 3. The average Bonchev–Trinajstić information content (AvgIpc) is 3.10. The molecule has 0 radical (unpaired) electrons. The van der Waals surface area contributed by atoms with Gasteiger partial charge in [0, 0.05) is 12.1 Å². The van der Waals surface area contributed by atoms with Crippen LogP contribution in [-0.2, 0) is 9.59 Å². The van der Waals surface area contributed by atoms with Crippen molar-refractivity contribution in [3.8, 4) is 0 Å². The molecule has 1 N–H and O–H groups in total. The van der Waals surface area contributed by atoms with Crippen LogP contribution in [0.4, 0.5) is 17.6 Å². The van der Waals surface area contributed by atoms with E-state index in [0.29, 0.717) is 11.3 Å². The molecule has 0 bridgehead atoms. The number of aliphatic carboxylic acids is 1. The molecule has 1 amide bonds. The summed E-state index contributed by atoms with van der Waals surface area (Å²) in [5.41, 5.74) is -3.73. The quantitative estimate of drug-likeness (QED) is 0.568. The van der Waals surface area contributed by atoms with Crippen LogP contribution in [0.2, 0.25) is 0 Å². The lowest BCUT2D eigenvalue weighted by Crippen LogP contribution is -2.40. The zero-order valence-electron chi connectivity index (χ0n) is 14.2. The number of allylic oxidation sites excluding steroid dienone is 2. The second-order valence-electron chi connectivity index (χ2n) is 6.20. The van der Waals surface area contributed by atoms with Crippen LogP contribution >= 0.6 is 23.1 Å². The maximum absolute atomic E-state index is 14.0. The van der Waals surface area contributed by atoms with Gasteiger partial charge in [0.15, 0.2) is 12.0 Å². The van der Waals surface area contributed by atoms with Crippen molar-refractivity contribution in [3.63, 3.8) is 0 Å². The van der Waals surface area contributed by atoms with Crippen LogP contribution < -0.4 is 0 Å². The Balaban J connectivity index is 1.96. The normalized spacial score (nSPS) is 22.4. The Morgan fingerprint density at radius 3 is 2.64 bits per heavy atom. The molecule has 0 aromatic carbocycles. The smallest absolute Gasteiger partial charge is 0.447 e. The lowest BCUT2D eigenvalue weighted by atomic mass is 9.88. The zero-order chi connectivity index (χ0) is 20.8. The van der Waals surface area contributed by atoms with Crippen molar-refractivity contribution in [3.05, 3.63) is 39.9 Å². The molecule has 2 heterocycles. The molecule has 3 rings (SSSR count). The van der Waals surface area contributed by atoms with Gasteiger partial charge in [-0.1, -0.05) is 0 Å². The first kappa shape index (κ1) is 20.6. The molecule has 1 aliphatic heterocycles. The number of carboxylic acid groups (broad SMARTS) is 1. The second kappa shape index (κ2) is 7.36. The number of halogens is 4. The number of fused-ring (bicyclic) bond motifs is 1. The highest BCUT2D eigenvalue weighted by Crippen LogP contribution is 2.44. The van der Waals surface area contributed by atoms with E-state index in [2.05, 4.69) is 0 Å². The minimum atomic E-state index is -4.50. The van der Waals surface area contributed by atoms with Crippen LogP contribution in [0.15, 0.2) is 39.3 Å². The van der Waals surface area contributed by atoms with E-state index in [1.807, 2.05) is 0 Å². The van der Waals surface area contributed by atoms with Crippen molar-refractivity contribution in [1.29, 1.82) is 0 Å². The van der Waals surface area contributed by atoms with Gasteiger partial charge < -0.3 is 10.0 Å². The fourth-order valence-electron chi connectivity index (χ4n) is 3.30. The standard InChI is InChI=1S/C17H13F4NO4S2/c1-7-8(5-14(24)25)9-4-12(23)10(18)6-11(9)22(7)16(26)13-2-3-15(27-13)28-17(19,20)21/h2-4,10-11H,5-6H2,1H3,(H,24,25). The third kappa shape index (κ3) is 4.00. The minimum absolute atomic E-state index is 0.00864. The highest BCUT2D eigenvalue weighted by molar-refractivity contribution is 8.02. The summed E-state index contributed by atoms with van der Waals surface area (Å²) in [7, 11) is 0. The summed E-state index contributed by atoms with van der Waals surface area (Å²) in [6, 6.07) is 1.55. The number of thioether (sulfide) groups is 1. The Labute approximate surface area is 164 Å². The number of ketones is 1. The van der Waals surface area contributed by atoms with Crippen molar-refractivity contribution in [1.82, 2.24) is 4.90 Å². The van der Waals surface area contributed by atoms with E-state index in [1.54, 1.807) is 0 Å². The van der Waals surface area contributed by atoms with Gasteiger partial charge in [0.05, 0.1) is 21.5 Å². The number of amides is 1. The monoisotopic (exact) mass is 435 g/mol. The minimum Gasteiger partial charge on any atom is -0.481 e. The van der Waals surface area contributed by atoms with Gasteiger partial charge in [-0.15, -0.1) is 11.3 Å². The van der Waals surface area contributed by atoms with Gasteiger partial charge in [-0.2, -0.15) is 13.2 Å². The Morgan fingerprint density at radius 1 is 1.36 bits per heavy atom. The number of hydrogen-bond acceptors (Lipinski definition) is 5. The van der Waals surface area contributed by atoms with Gasteiger partial charge in [-0.3, -0.25) is 14.4 Å². The number of thiophene rings is 1. The van der Waals surface area contributed by atoms with Crippen LogP contribution in [0.1, 0.15) is 29.4 Å². The fourth-order valence-corrected chi connectivity index (χ4v) is 5.06. The van der Waals surface area contributed by atoms with Crippen LogP contribution in [0.5, 0.6) is 0 Å². The number of alkyl halides is 4. The van der Waals surface area contributed by atoms with E-state index in [9.17, 15) is 31.9 Å². The molecule has 2 atom stereocenters. The molecule has 2 unspecified atom stereocenters. The van der Waals surface area contributed by atoms with Gasteiger partial charge in [-0.25, -0.2) is 4.39 Å². The molecule has 0 spiro atoms. The summed E-state index contributed by atoms with van der Waals surface area (Å²) in [5.74, 6) is -2.64. The van der Waals surface area contributed by atoms with E-state index < -0.39 is 41.8 Å². The molecule has 0 saturated heterocycles. The van der Waals surface area contributed by atoms with Gasteiger partial charge in [0.1, 0.15) is 0 Å². The summed E-state index contributed by atoms with van der Waals surface area (Å²) < 4.78 is 51.4. The molecular weight excluding hydrogens is 422 g/mol. The largest absolute Gasteiger partial charge is 0.481 e. The SMILES string of the molecule is CC1=C(CC(=O)O)C2=CC(=O)C(F)CC2N1C(=O)c1ccc(SC(F)(F)F)s1. The Bertz CT molecular complexity index is 919. The van der Waals surface area contributed by atoms with Crippen LogP contribution in [-0.4, -0.2) is 45.4 Å². The van der Waals surface area contributed by atoms with Crippen molar-refractivity contribution in [2.45, 2.75) is 41.7 Å². The van der Waals surface area contributed by atoms with Crippen molar-refractivity contribution >= 4 is 40.8 Å². The molecule has 0 fully saturated rings. The number of carbonyl (C=O) groups excluding carboxylic acids is 2. The lowest BCUT2D eigenvalue weighted by Gasteiger charge is -2.29. The summed E-state index contributed by atoms with van der Waals surface area (Å²) in [6.45, 7) is 1.48. The predicted molar refractivity (Wildman–Crippen MR) is 93.7 cm³/mol. The summed E-state index contributed by atoms with van der Waals surface area (Å²) >= 11 is 0.302. The molecule has 1 aliphatic carbocycles. The Morgan fingerprint density at radius 2 is 2.04 bits per heavy atom. The molecule has 1 aromatic heterocycles. The van der Waals surface area contributed by atoms with Crippen LogP contribution in [0.3, 0.4) is 0 Å². The lowest BCUT2D eigenvalue weighted by molar-refractivity contribution is -0.136. The van der Waals surface area contributed by atoms with E-state index in [1.165, 1.54) is 24.0 Å². The zero-order valence-corrected chi connectivity index (χ0v) is 15.9. The van der Waals surface area contributed by atoms with Gasteiger partial charge in [0.25, 0.3) is 5.91 Å². The maximum atomic E-state index is 14.0. The molecule has 11 heteroatoms. The summed E-state index contributed by atoms with van der Waals surface area (Å²) in [6.07, 6.45) is -1.60. The molecule has 5 nitrogen and oxygen atoms in total. The van der Waals surface area contributed by atoms with Gasteiger partial charge in [-0.05, 0) is 48.0 Å². The first-order valence-electron chi connectivity index (χ1n) is 7.98. The highest BCUT2D eigenvalue weighted by atomic mass is 32.2. The van der Waals surface area contributed by atoms with Crippen molar-refractivity contribution in [2.75, 3.05) is 0 Å². The van der Waals surface area contributed by atoms with Crippen LogP contribution in [0, 0.1) is 0 Å². The van der Waals surface area contributed by atoms with E-state index in [0.717, 1.165) is 6.08 Å². The molecular formula is C17H13F4NO4S2. The number of nitrogens with zero attached hydrogens (tertiary/aromatic N) is 1. The Kier molecular flexibility index (Phi) is 5.41. The summed E-state index contributed by atoms with van der Waals surface area (Å²) in [4.78, 5) is 37.0. The third-order valence-electron chi connectivity index (χ3n) is 4.41. The topological polar surface area (TPSA) is 74.7 Å². The van der Waals surface area contributed by atoms with Crippen molar-refractivity contribution < 1.29 is 37.1 Å². The second-order valence-corrected chi connectivity index (χ2v) is 8.65. The fraction of sp³-hybridized carbons (Fsp3) is 0.353. The van der Waals surface area contributed by atoms with E-state index >= 15 is 0 Å².